The molecule has 1 saturated heterocycles. The average Bonchev–Trinajstić information content (AvgIpc) is 2.83. The van der Waals surface area contributed by atoms with Gasteiger partial charge < -0.3 is 14.2 Å². The molecule has 1 aliphatic heterocycles. The second-order valence-electron chi connectivity index (χ2n) is 5.23. The lowest BCUT2D eigenvalue weighted by molar-refractivity contribution is -0.145. The molecular formula is C15H28O4. The van der Waals surface area contributed by atoms with Crippen LogP contribution >= 0.6 is 0 Å². The Morgan fingerprint density at radius 1 is 1.16 bits per heavy atom. The highest BCUT2D eigenvalue weighted by molar-refractivity contribution is 5.65. The van der Waals surface area contributed by atoms with Gasteiger partial charge in [0.25, 0.3) is 0 Å². The molecule has 0 saturated carbocycles. The van der Waals surface area contributed by atoms with Crippen LogP contribution in [0.25, 0.3) is 0 Å². The Hall–Kier alpha value is -0.610. The van der Waals surface area contributed by atoms with Gasteiger partial charge in [0.05, 0.1) is 6.61 Å². The van der Waals surface area contributed by atoms with Crippen molar-refractivity contribution in [2.24, 2.45) is 0 Å². The Balaban J connectivity index is 1.92. The van der Waals surface area contributed by atoms with Gasteiger partial charge in [-0.15, -0.1) is 0 Å². The maximum absolute atomic E-state index is 10.7. The van der Waals surface area contributed by atoms with Gasteiger partial charge in [-0.25, -0.2) is 0 Å². The van der Waals surface area contributed by atoms with E-state index in [4.69, 9.17) is 14.2 Å². The summed E-state index contributed by atoms with van der Waals surface area (Å²) in [6, 6.07) is 0. The van der Waals surface area contributed by atoms with Crippen LogP contribution in [0.1, 0.15) is 65.2 Å². The quantitative estimate of drug-likeness (QED) is 0.451. The Morgan fingerprint density at radius 3 is 2.53 bits per heavy atom. The predicted octanol–water partition coefficient (Wildman–Crippen LogP) is 3.43. The van der Waals surface area contributed by atoms with Crippen LogP contribution in [-0.2, 0) is 19.0 Å². The number of hydrogen-bond donors (Lipinski definition) is 0. The largest absolute Gasteiger partial charge is 0.463 e. The summed E-state index contributed by atoms with van der Waals surface area (Å²) in [4.78, 5) is 10.7. The molecule has 4 nitrogen and oxygen atoms in total. The van der Waals surface area contributed by atoms with E-state index in [1.54, 1.807) is 0 Å². The maximum Gasteiger partial charge on any atom is 0.302 e. The number of hydrogen-bond acceptors (Lipinski definition) is 4. The molecule has 4 heteroatoms. The third-order valence-electron chi connectivity index (χ3n) is 3.33. The summed E-state index contributed by atoms with van der Waals surface area (Å²) in [5.74, 6) is -0.265. The van der Waals surface area contributed by atoms with Gasteiger partial charge >= 0.3 is 5.97 Å². The summed E-state index contributed by atoms with van der Waals surface area (Å²) in [7, 11) is 0. The van der Waals surface area contributed by atoms with Gasteiger partial charge in [-0.05, 0) is 12.8 Å². The molecule has 2 atom stereocenters. The van der Waals surface area contributed by atoms with Gasteiger partial charge in [0.15, 0.2) is 6.29 Å². The molecule has 0 radical (unpaired) electrons. The summed E-state index contributed by atoms with van der Waals surface area (Å²) in [5.41, 5.74) is 0. The minimum atomic E-state index is -0.265. The van der Waals surface area contributed by atoms with Gasteiger partial charge in [-0.1, -0.05) is 45.4 Å². The number of ether oxygens (including phenoxy) is 3. The van der Waals surface area contributed by atoms with Gasteiger partial charge in [-0.2, -0.15) is 0 Å². The lowest BCUT2D eigenvalue weighted by atomic mass is 10.1. The first kappa shape index (κ1) is 16.4. The summed E-state index contributed by atoms with van der Waals surface area (Å²) in [5, 5.41) is 0. The highest BCUT2D eigenvalue weighted by Gasteiger charge is 2.26. The van der Waals surface area contributed by atoms with E-state index in [1.807, 2.05) is 0 Å². The van der Waals surface area contributed by atoms with Crippen molar-refractivity contribution < 1.29 is 19.0 Å². The minimum Gasteiger partial charge on any atom is -0.463 e. The number of rotatable bonds is 10. The molecule has 1 aliphatic rings. The fourth-order valence-corrected chi connectivity index (χ4v) is 2.23. The number of carbonyl (C=O) groups is 1. The Labute approximate surface area is 116 Å². The molecule has 0 bridgehead atoms. The fraction of sp³-hybridized carbons (Fsp3) is 0.933. The van der Waals surface area contributed by atoms with Crippen LogP contribution in [0.3, 0.4) is 0 Å². The second-order valence-corrected chi connectivity index (χ2v) is 5.23. The summed E-state index contributed by atoms with van der Waals surface area (Å²) >= 11 is 0. The highest BCUT2D eigenvalue weighted by Crippen LogP contribution is 2.18. The summed E-state index contributed by atoms with van der Waals surface area (Å²) < 4.78 is 16.1. The van der Waals surface area contributed by atoms with Gasteiger partial charge in [0.2, 0.25) is 0 Å². The van der Waals surface area contributed by atoms with Crippen molar-refractivity contribution in [2.75, 3.05) is 13.2 Å². The van der Waals surface area contributed by atoms with E-state index in [1.165, 1.54) is 45.4 Å². The highest BCUT2D eigenvalue weighted by atomic mass is 16.7. The molecule has 19 heavy (non-hydrogen) atoms. The Morgan fingerprint density at radius 2 is 1.84 bits per heavy atom. The molecule has 0 spiro atoms. The summed E-state index contributed by atoms with van der Waals surface area (Å²) in [6.07, 6.45) is 9.83. The van der Waals surface area contributed by atoms with Crippen molar-refractivity contribution in [3.05, 3.63) is 0 Å². The molecule has 0 aliphatic carbocycles. The number of esters is 1. The zero-order valence-electron chi connectivity index (χ0n) is 12.4. The van der Waals surface area contributed by atoms with Crippen molar-refractivity contribution in [3.8, 4) is 0 Å². The van der Waals surface area contributed by atoms with Crippen LogP contribution in [0, 0.1) is 0 Å². The van der Waals surface area contributed by atoms with Crippen LogP contribution in [0.5, 0.6) is 0 Å². The van der Waals surface area contributed by atoms with Crippen molar-refractivity contribution in [1.82, 2.24) is 0 Å². The van der Waals surface area contributed by atoms with E-state index in [0.717, 1.165) is 12.8 Å². The summed E-state index contributed by atoms with van der Waals surface area (Å²) in [6.45, 7) is 4.49. The zero-order chi connectivity index (χ0) is 13.9. The van der Waals surface area contributed by atoms with E-state index in [0.29, 0.717) is 13.2 Å². The van der Waals surface area contributed by atoms with Crippen LogP contribution in [0.15, 0.2) is 0 Å². The number of carbonyl (C=O) groups excluding carboxylic acids is 1. The molecule has 1 fully saturated rings. The third-order valence-corrected chi connectivity index (χ3v) is 3.33. The predicted molar refractivity (Wildman–Crippen MR) is 73.9 cm³/mol. The Kier molecular flexibility index (Phi) is 8.84. The topological polar surface area (TPSA) is 44.8 Å². The first-order chi connectivity index (χ1) is 9.22. The molecule has 1 rings (SSSR count). The molecule has 0 aromatic carbocycles. The first-order valence-electron chi connectivity index (χ1n) is 7.62. The molecule has 0 aromatic heterocycles. The maximum atomic E-state index is 10.7. The van der Waals surface area contributed by atoms with Crippen LogP contribution in [-0.4, -0.2) is 31.6 Å². The lowest BCUT2D eigenvalue weighted by Gasteiger charge is -2.11. The average molecular weight is 272 g/mol. The van der Waals surface area contributed by atoms with Crippen molar-refractivity contribution in [2.45, 2.75) is 77.6 Å². The van der Waals surface area contributed by atoms with Crippen LogP contribution < -0.4 is 0 Å². The number of unbranched alkanes of at least 4 members (excludes halogenated alkanes) is 6. The van der Waals surface area contributed by atoms with E-state index < -0.39 is 0 Å². The normalized spacial score (nSPS) is 22.6. The monoisotopic (exact) mass is 272 g/mol. The lowest BCUT2D eigenvalue weighted by Crippen LogP contribution is -2.20. The molecule has 0 N–H and O–H groups in total. The molecular weight excluding hydrogens is 244 g/mol. The zero-order valence-corrected chi connectivity index (χ0v) is 12.4. The minimum absolute atomic E-state index is 0.0848. The van der Waals surface area contributed by atoms with E-state index in [9.17, 15) is 4.79 Å². The van der Waals surface area contributed by atoms with Crippen molar-refractivity contribution in [3.63, 3.8) is 0 Å². The van der Waals surface area contributed by atoms with Gasteiger partial charge in [0.1, 0.15) is 12.7 Å². The van der Waals surface area contributed by atoms with E-state index in [2.05, 4.69) is 6.92 Å². The van der Waals surface area contributed by atoms with E-state index >= 15 is 0 Å². The van der Waals surface area contributed by atoms with Crippen molar-refractivity contribution in [1.29, 1.82) is 0 Å². The van der Waals surface area contributed by atoms with Crippen molar-refractivity contribution >= 4 is 5.97 Å². The van der Waals surface area contributed by atoms with Gasteiger partial charge in [0, 0.05) is 6.92 Å². The van der Waals surface area contributed by atoms with Gasteiger partial charge in [-0.3, -0.25) is 4.79 Å². The third kappa shape index (κ3) is 8.22. The smallest absolute Gasteiger partial charge is 0.302 e. The SMILES string of the molecule is CCCCCCCCC[C@H]1OC[C@H](COC(C)=O)O1. The Bertz CT molecular complexity index is 242. The van der Waals surface area contributed by atoms with E-state index in [-0.39, 0.29) is 18.4 Å². The molecule has 0 unspecified atom stereocenters. The second kappa shape index (κ2) is 10.2. The molecule has 112 valence electrons. The van der Waals surface area contributed by atoms with Crippen LogP contribution in [0.2, 0.25) is 0 Å². The molecule has 0 amide bonds. The standard InChI is InChI=1S/C15H28O4/c1-3-4-5-6-7-8-9-10-15-18-12-14(19-15)11-17-13(2)16/h14-15H,3-12H2,1-2H3/t14-,15-/m0/s1. The molecule has 0 aromatic rings. The van der Waals surface area contributed by atoms with Crippen LogP contribution in [0.4, 0.5) is 0 Å². The molecule has 1 heterocycles. The fourth-order valence-electron chi connectivity index (χ4n) is 2.23. The first-order valence-corrected chi connectivity index (χ1v) is 7.62.